The maximum absolute atomic E-state index is 12.0. The number of thiophene rings is 1. The van der Waals surface area contributed by atoms with E-state index in [1.54, 1.807) is 36.6 Å². The van der Waals surface area contributed by atoms with Crippen LogP contribution >= 0.6 is 11.3 Å². The zero-order valence-electron chi connectivity index (χ0n) is 16.8. The minimum absolute atomic E-state index is 0.00964. The standard InChI is InChI=1S/C21H25N5O2S/c1-4-22-21(23-12-15-7-9-16(10-8-15)20(27)26(2)3)24-13-17-14-28-19(25-17)18-6-5-11-29-18/h5-11,14H,4,12-13H2,1-3H3,(H2,22,23,24). The molecule has 0 unspecified atom stereocenters. The molecule has 3 rings (SSSR count). The van der Waals surface area contributed by atoms with Crippen molar-refractivity contribution in [3.05, 3.63) is 64.9 Å². The van der Waals surface area contributed by atoms with E-state index in [1.807, 2.05) is 48.7 Å². The number of nitrogens with zero attached hydrogens (tertiary/aromatic N) is 3. The molecular formula is C21H25N5O2S. The normalized spacial score (nSPS) is 11.3. The average Bonchev–Trinajstić information content (AvgIpc) is 3.41. The van der Waals surface area contributed by atoms with E-state index in [4.69, 9.17) is 4.42 Å². The third-order valence-corrected chi connectivity index (χ3v) is 4.95. The highest BCUT2D eigenvalue weighted by Gasteiger charge is 2.09. The molecule has 0 saturated heterocycles. The molecule has 0 atom stereocenters. The van der Waals surface area contributed by atoms with Crippen LogP contribution in [0.2, 0.25) is 0 Å². The molecule has 8 heteroatoms. The van der Waals surface area contributed by atoms with E-state index < -0.39 is 0 Å². The van der Waals surface area contributed by atoms with E-state index in [0.29, 0.717) is 30.5 Å². The molecule has 2 heterocycles. The molecule has 3 aromatic rings. The number of aliphatic imine (C=N–C) groups is 1. The molecule has 29 heavy (non-hydrogen) atoms. The molecule has 0 aliphatic rings. The highest BCUT2D eigenvalue weighted by Crippen LogP contribution is 2.23. The Morgan fingerprint density at radius 2 is 2.00 bits per heavy atom. The van der Waals surface area contributed by atoms with Gasteiger partial charge < -0.3 is 20.0 Å². The molecule has 0 fully saturated rings. The Morgan fingerprint density at radius 1 is 1.21 bits per heavy atom. The van der Waals surface area contributed by atoms with Crippen LogP contribution < -0.4 is 10.6 Å². The van der Waals surface area contributed by atoms with Gasteiger partial charge in [-0.1, -0.05) is 18.2 Å². The lowest BCUT2D eigenvalue weighted by atomic mass is 10.1. The largest absolute Gasteiger partial charge is 0.443 e. The molecule has 0 aliphatic heterocycles. The number of amides is 1. The lowest BCUT2D eigenvalue weighted by Gasteiger charge is -2.11. The molecule has 2 N–H and O–H groups in total. The number of nitrogens with one attached hydrogen (secondary N) is 2. The van der Waals surface area contributed by atoms with Crippen molar-refractivity contribution in [2.45, 2.75) is 20.0 Å². The number of aromatic nitrogens is 1. The Morgan fingerprint density at radius 3 is 2.66 bits per heavy atom. The minimum Gasteiger partial charge on any atom is -0.443 e. The SMILES string of the molecule is CCNC(=NCc1ccc(C(=O)N(C)C)cc1)NCc1coc(-c2cccs2)n1. The summed E-state index contributed by atoms with van der Waals surface area (Å²) in [5, 5.41) is 8.49. The van der Waals surface area contributed by atoms with Crippen LogP contribution in [-0.2, 0) is 13.1 Å². The number of carbonyl (C=O) groups is 1. The summed E-state index contributed by atoms with van der Waals surface area (Å²) in [5.41, 5.74) is 2.50. The van der Waals surface area contributed by atoms with Gasteiger partial charge in [0.15, 0.2) is 5.96 Å². The van der Waals surface area contributed by atoms with Crippen LogP contribution in [0, 0.1) is 0 Å². The van der Waals surface area contributed by atoms with E-state index in [9.17, 15) is 4.79 Å². The first-order chi connectivity index (χ1) is 14.1. The molecule has 0 bridgehead atoms. The van der Waals surface area contributed by atoms with Crippen molar-refractivity contribution in [3.63, 3.8) is 0 Å². The highest BCUT2D eigenvalue weighted by atomic mass is 32.1. The van der Waals surface area contributed by atoms with Crippen molar-refractivity contribution in [3.8, 4) is 10.8 Å². The molecular weight excluding hydrogens is 386 g/mol. The molecule has 0 radical (unpaired) electrons. The molecule has 7 nitrogen and oxygen atoms in total. The van der Waals surface area contributed by atoms with Gasteiger partial charge in [-0.05, 0) is 36.1 Å². The predicted octanol–water partition coefficient (Wildman–Crippen LogP) is 3.36. The van der Waals surface area contributed by atoms with Crippen molar-refractivity contribution >= 4 is 23.2 Å². The van der Waals surface area contributed by atoms with Gasteiger partial charge in [-0.2, -0.15) is 0 Å². The summed E-state index contributed by atoms with van der Waals surface area (Å²) in [4.78, 5) is 23.7. The Bertz CT molecular complexity index is 946. The van der Waals surface area contributed by atoms with Crippen LogP contribution in [0.1, 0.15) is 28.5 Å². The zero-order valence-corrected chi connectivity index (χ0v) is 17.6. The molecule has 2 aromatic heterocycles. The maximum Gasteiger partial charge on any atom is 0.253 e. The van der Waals surface area contributed by atoms with Crippen LogP contribution in [0.5, 0.6) is 0 Å². The molecule has 1 aromatic carbocycles. The summed E-state index contributed by atoms with van der Waals surface area (Å²) in [7, 11) is 3.49. The van der Waals surface area contributed by atoms with Crippen molar-refractivity contribution in [2.75, 3.05) is 20.6 Å². The number of hydrogen-bond donors (Lipinski definition) is 2. The number of benzene rings is 1. The third kappa shape index (κ3) is 5.68. The quantitative estimate of drug-likeness (QED) is 0.460. The summed E-state index contributed by atoms with van der Waals surface area (Å²) in [5.74, 6) is 1.32. The number of hydrogen-bond acceptors (Lipinski definition) is 5. The molecule has 0 saturated carbocycles. The van der Waals surface area contributed by atoms with Gasteiger partial charge in [0, 0.05) is 26.2 Å². The topological polar surface area (TPSA) is 82.8 Å². The summed E-state index contributed by atoms with van der Waals surface area (Å²) in [6.07, 6.45) is 1.66. The van der Waals surface area contributed by atoms with Gasteiger partial charge in [0.25, 0.3) is 5.91 Å². The van der Waals surface area contributed by atoms with Crippen LogP contribution in [0.3, 0.4) is 0 Å². The first-order valence-corrected chi connectivity index (χ1v) is 10.3. The van der Waals surface area contributed by atoms with E-state index in [0.717, 1.165) is 22.7 Å². The van der Waals surface area contributed by atoms with Crippen molar-refractivity contribution in [2.24, 2.45) is 4.99 Å². The third-order valence-electron chi connectivity index (χ3n) is 4.09. The Balaban J connectivity index is 1.59. The van der Waals surface area contributed by atoms with Crippen LogP contribution in [0.4, 0.5) is 0 Å². The fraction of sp³-hybridized carbons (Fsp3) is 0.286. The summed E-state index contributed by atoms with van der Waals surface area (Å²) in [6, 6.07) is 11.5. The lowest BCUT2D eigenvalue weighted by molar-refractivity contribution is 0.0827. The Hall–Kier alpha value is -3.13. The first-order valence-electron chi connectivity index (χ1n) is 9.38. The van der Waals surface area contributed by atoms with Crippen LogP contribution in [0.15, 0.2) is 57.5 Å². The van der Waals surface area contributed by atoms with Gasteiger partial charge >= 0.3 is 0 Å². The molecule has 0 spiro atoms. The number of rotatable bonds is 7. The fourth-order valence-electron chi connectivity index (χ4n) is 2.60. The Kier molecular flexibility index (Phi) is 7.02. The van der Waals surface area contributed by atoms with Gasteiger partial charge in [0.1, 0.15) is 6.26 Å². The summed E-state index contributed by atoms with van der Waals surface area (Å²) < 4.78 is 5.55. The van der Waals surface area contributed by atoms with Crippen molar-refractivity contribution in [1.29, 1.82) is 0 Å². The molecule has 0 aliphatic carbocycles. The minimum atomic E-state index is -0.00964. The van der Waals surface area contributed by atoms with Gasteiger partial charge in [-0.25, -0.2) is 9.98 Å². The number of oxazole rings is 1. The van der Waals surface area contributed by atoms with Gasteiger partial charge in [-0.15, -0.1) is 11.3 Å². The molecule has 152 valence electrons. The fourth-order valence-corrected chi connectivity index (χ4v) is 3.25. The van der Waals surface area contributed by atoms with Gasteiger partial charge in [0.2, 0.25) is 5.89 Å². The molecule has 1 amide bonds. The van der Waals surface area contributed by atoms with Gasteiger partial charge in [-0.3, -0.25) is 4.79 Å². The monoisotopic (exact) mass is 411 g/mol. The highest BCUT2D eigenvalue weighted by molar-refractivity contribution is 7.13. The van der Waals surface area contributed by atoms with Crippen molar-refractivity contribution < 1.29 is 9.21 Å². The first kappa shape index (κ1) is 20.6. The van der Waals surface area contributed by atoms with E-state index >= 15 is 0 Å². The van der Waals surface area contributed by atoms with E-state index in [-0.39, 0.29) is 5.91 Å². The van der Waals surface area contributed by atoms with Crippen LogP contribution in [-0.4, -0.2) is 42.4 Å². The lowest BCUT2D eigenvalue weighted by Crippen LogP contribution is -2.36. The van der Waals surface area contributed by atoms with Crippen LogP contribution in [0.25, 0.3) is 10.8 Å². The predicted molar refractivity (Wildman–Crippen MR) is 116 cm³/mol. The second-order valence-corrected chi connectivity index (χ2v) is 7.51. The smallest absolute Gasteiger partial charge is 0.253 e. The van der Waals surface area contributed by atoms with Crippen molar-refractivity contribution in [1.82, 2.24) is 20.5 Å². The average molecular weight is 412 g/mol. The number of carbonyl (C=O) groups excluding carboxylic acids is 1. The number of guanidine groups is 1. The second-order valence-electron chi connectivity index (χ2n) is 6.57. The maximum atomic E-state index is 12.0. The van der Waals surface area contributed by atoms with E-state index in [1.165, 1.54) is 0 Å². The van der Waals surface area contributed by atoms with Gasteiger partial charge in [0.05, 0.1) is 23.7 Å². The summed E-state index contributed by atoms with van der Waals surface area (Å²) >= 11 is 1.60. The zero-order chi connectivity index (χ0) is 20.6. The Labute approximate surface area is 174 Å². The van der Waals surface area contributed by atoms with E-state index in [2.05, 4.69) is 20.6 Å². The second kappa shape index (κ2) is 9.88. The summed E-state index contributed by atoms with van der Waals surface area (Å²) in [6.45, 7) is 3.78.